The topological polar surface area (TPSA) is 127 Å². The minimum Gasteiger partial charge on any atom is -0.460 e. The Kier molecular flexibility index (Phi) is 6.30. The van der Waals surface area contributed by atoms with Crippen LogP contribution in [0.4, 0.5) is 5.69 Å². The molecule has 0 saturated heterocycles. The molecule has 0 bridgehead atoms. The van der Waals surface area contributed by atoms with E-state index in [9.17, 15) is 10.2 Å². The molecule has 9 nitrogen and oxygen atoms in total. The number of benzene rings is 2. The highest BCUT2D eigenvalue weighted by Gasteiger charge is 2.29. The third-order valence-corrected chi connectivity index (χ3v) is 6.14. The van der Waals surface area contributed by atoms with Gasteiger partial charge in [-0.25, -0.2) is 15.3 Å². The van der Waals surface area contributed by atoms with Gasteiger partial charge >= 0.3 is 0 Å². The van der Waals surface area contributed by atoms with Crippen molar-refractivity contribution in [3.63, 3.8) is 0 Å². The molecule has 3 heterocycles. The largest absolute Gasteiger partial charge is 0.460 e. The van der Waals surface area contributed by atoms with E-state index in [1.54, 1.807) is 12.1 Å². The molecule has 11 heteroatoms. The number of rotatable bonds is 4. The second kappa shape index (κ2) is 9.43. The summed E-state index contributed by atoms with van der Waals surface area (Å²) in [6.45, 7) is 3.86. The Hall–Kier alpha value is -3.65. The molecule has 2 unspecified atom stereocenters. The lowest BCUT2D eigenvalue weighted by Gasteiger charge is -2.32. The van der Waals surface area contributed by atoms with Crippen LogP contribution >= 0.6 is 23.2 Å². The number of hydrazone groups is 1. The zero-order valence-electron chi connectivity index (χ0n) is 19.0. The molecule has 0 amide bonds. The van der Waals surface area contributed by atoms with Gasteiger partial charge in [-0.3, -0.25) is 0 Å². The maximum absolute atomic E-state index is 10.2. The lowest BCUT2D eigenvalue weighted by Crippen LogP contribution is -2.55. The summed E-state index contributed by atoms with van der Waals surface area (Å²) in [5.74, 6) is 2.22. The van der Waals surface area contributed by atoms with Crippen molar-refractivity contribution in [2.45, 2.75) is 26.4 Å². The first-order chi connectivity index (χ1) is 17.2. The van der Waals surface area contributed by atoms with Gasteiger partial charge in [-0.1, -0.05) is 23.2 Å². The van der Waals surface area contributed by atoms with Crippen molar-refractivity contribution in [2.75, 3.05) is 5.01 Å². The third kappa shape index (κ3) is 4.48. The molecule has 0 fully saturated rings. The Morgan fingerprint density at radius 2 is 1.83 bits per heavy atom. The van der Waals surface area contributed by atoms with E-state index in [2.05, 4.69) is 10.4 Å². The first-order valence-corrected chi connectivity index (χ1v) is 11.5. The molecule has 0 spiro atoms. The molecule has 1 aliphatic heterocycles. The molecular formula is C25H19Cl2N5O4. The molecule has 2 atom stereocenters. The molecule has 0 saturated carbocycles. The maximum Gasteiger partial charge on any atom is 0.206 e. The van der Waals surface area contributed by atoms with Gasteiger partial charge in [-0.2, -0.15) is 10.4 Å². The zero-order valence-corrected chi connectivity index (χ0v) is 20.5. The minimum atomic E-state index is -1.40. The van der Waals surface area contributed by atoms with Crippen LogP contribution < -0.4 is 15.1 Å². The number of nitrogens with one attached hydrogen (secondary N) is 1. The fourth-order valence-electron chi connectivity index (χ4n) is 3.83. The van der Waals surface area contributed by atoms with Gasteiger partial charge in [-0.15, -0.1) is 0 Å². The van der Waals surface area contributed by atoms with Gasteiger partial charge in [0.1, 0.15) is 23.3 Å². The standard InChI is InChI=1S/C25H19Cl2N5O4/c1-12-7-20(22-6-3-13(2)35-22)29-19-5-4-15(10-16(12)19)36-23-17(26)8-14(9-18(23)27)32-25(34)30-24(33)21(11-28)31-32/h3-10,24-25,30,33-34H,1-2H3. The summed E-state index contributed by atoms with van der Waals surface area (Å²) >= 11 is 12.9. The van der Waals surface area contributed by atoms with Crippen molar-refractivity contribution in [1.82, 2.24) is 10.3 Å². The Labute approximate surface area is 215 Å². The van der Waals surface area contributed by atoms with Gasteiger partial charge in [0, 0.05) is 5.39 Å². The average molecular weight is 524 g/mol. The predicted octanol–water partition coefficient (Wildman–Crippen LogP) is 5.09. The minimum absolute atomic E-state index is 0.156. The second-order valence-electron chi connectivity index (χ2n) is 8.14. The number of nitrogens with zero attached hydrogens (tertiary/aromatic N) is 4. The van der Waals surface area contributed by atoms with E-state index in [0.717, 1.165) is 32.9 Å². The molecule has 182 valence electrons. The summed E-state index contributed by atoms with van der Waals surface area (Å²) < 4.78 is 11.7. The zero-order chi connectivity index (χ0) is 25.6. The normalized spacial score (nSPS) is 17.7. The van der Waals surface area contributed by atoms with E-state index < -0.39 is 12.6 Å². The quantitative estimate of drug-likeness (QED) is 0.337. The third-order valence-electron chi connectivity index (χ3n) is 5.57. The lowest BCUT2D eigenvalue weighted by molar-refractivity contribution is 0.0631. The Balaban J connectivity index is 1.45. The summed E-state index contributed by atoms with van der Waals surface area (Å²) in [5, 5.41) is 37.8. The molecule has 1 aliphatic rings. The number of aliphatic hydroxyl groups excluding tert-OH is 2. The van der Waals surface area contributed by atoms with Crippen molar-refractivity contribution >= 4 is 45.5 Å². The molecular weight excluding hydrogens is 505 g/mol. The number of anilines is 1. The smallest absolute Gasteiger partial charge is 0.206 e. The first-order valence-electron chi connectivity index (χ1n) is 10.8. The monoisotopic (exact) mass is 523 g/mol. The van der Waals surface area contributed by atoms with Gasteiger partial charge in [0.2, 0.25) is 6.35 Å². The van der Waals surface area contributed by atoms with Crippen molar-refractivity contribution in [2.24, 2.45) is 5.10 Å². The number of ether oxygens (including phenoxy) is 1. The number of fused-ring (bicyclic) bond motifs is 1. The summed E-state index contributed by atoms with van der Waals surface area (Å²) in [4.78, 5) is 4.70. The van der Waals surface area contributed by atoms with E-state index >= 15 is 0 Å². The highest BCUT2D eigenvalue weighted by molar-refractivity contribution is 6.37. The molecule has 2 aromatic carbocycles. The van der Waals surface area contributed by atoms with E-state index in [1.807, 2.05) is 44.2 Å². The van der Waals surface area contributed by atoms with E-state index in [4.69, 9.17) is 42.6 Å². The number of nitriles is 1. The highest BCUT2D eigenvalue weighted by atomic mass is 35.5. The van der Waals surface area contributed by atoms with E-state index in [0.29, 0.717) is 11.5 Å². The second-order valence-corrected chi connectivity index (χ2v) is 8.95. The van der Waals surface area contributed by atoms with Crippen LogP contribution in [0, 0.1) is 25.2 Å². The number of pyridine rings is 1. The van der Waals surface area contributed by atoms with Crippen LogP contribution in [-0.4, -0.2) is 33.5 Å². The van der Waals surface area contributed by atoms with Crippen LogP contribution in [0.15, 0.2) is 58.0 Å². The van der Waals surface area contributed by atoms with Crippen molar-refractivity contribution in [3.05, 3.63) is 69.9 Å². The van der Waals surface area contributed by atoms with Gasteiger partial charge in [0.15, 0.2) is 23.4 Å². The van der Waals surface area contributed by atoms with Crippen molar-refractivity contribution < 1.29 is 19.4 Å². The van der Waals surface area contributed by atoms with E-state index in [1.165, 1.54) is 12.1 Å². The molecule has 2 aromatic heterocycles. The molecule has 3 N–H and O–H groups in total. The Bertz CT molecular complexity index is 1540. The Morgan fingerprint density at radius 3 is 2.50 bits per heavy atom. The first kappa shape index (κ1) is 24.1. The van der Waals surface area contributed by atoms with Crippen LogP contribution in [0.1, 0.15) is 11.3 Å². The summed E-state index contributed by atoms with van der Waals surface area (Å²) in [6, 6.07) is 15.9. The number of furan rings is 1. The fourth-order valence-corrected chi connectivity index (χ4v) is 4.38. The van der Waals surface area contributed by atoms with Crippen molar-refractivity contribution in [1.29, 1.82) is 5.26 Å². The highest BCUT2D eigenvalue weighted by Crippen LogP contribution is 2.41. The summed E-state index contributed by atoms with van der Waals surface area (Å²) in [6.07, 6.45) is -2.79. The van der Waals surface area contributed by atoms with Gasteiger partial charge in [0.05, 0.1) is 21.2 Å². The number of aromatic nitrogens is 1. The fraction of sp³-hybridized carbons (Fsp3) is 0.160. The average Bonchev–Trinajstić information content (AvgIpc) is 3.28. The SMILES string of the molecule is Cc1ccc(-c2cc(C)c3cc(Oc4c(Cl)cc(N5N=C(C#N)C(O)NC5O)cc4Cl)ccc3n2)o1. The molecule has 0 aliphatic carbocycles. The van der Waals surface area contributed by atoms with Crippen LogP contribution in [0.2, 0.25) is 10.0 Å². The summed E-state index contributed by atoms with van der Waals surface area (Å²) in [7, 11) is 0. The maximum atomic E-state index is 10.2. The van der Waals surface area contributed by atoms with Crippen LogP contribution in [0.25, 0.3) is 22.4 Å². The van der Waals surface area contributed by atoms with Crippen LogP contribution in [-0.2, 0) is 0 Å². The number of halogens is 2. The van der Waals surface area contributed by atoms with Gasteiger partial charge < -0.3 is 19.4 Å². The molecule has 5 rings (SSSR count). The van der Waals surface area contributed by atoms with Crippen LogP contribution in [0.5, 0.6) is 11.5 Å². The molecule has 0 radical (unpaired) electrons. The van der Waals surface area contributed by atoms with Crippen LogP contribution in [0.3, 0.4) is 0 Å². The predicted molar refractivity (Wildman–Crippen MR) is 136 cm³/mol. The summed E-state index contributed by atoms with van der Waals surface area (Å²) in [5.41, 5.74) is 2.57. The van der Waals surface area contributed by atoms with Crippen molar-refractivity contribution in [3.8, 4) is 29.0 Å². The van der Waals surface area contributed by atoms with E-state index in [-0.39, 0.29) is 27.2 Å². The van der Waals surface area contributed by atoms with Gasteiger partial charge in [0.25, 0.3) is 0 Å². The molecule has 4 aromatic rings. The molecule has 36 heavy (non-hydrogen) atoms. The number of aliphatic hydroxyl groups is 2. The number of aryl methyl sites for hydroxylation is 2. The number of hydrogen-bond acceptors (Lipinski definition) is 9. The van der Waals surface area contributed by atoms with Gasteiger partial charge in [-0.05, 0) is 67.9 Å². The lowest BCUT2D eigenvalue weighted by atomic mass is 10.1. The number of hydrogen-bond donors (Lipinski definition) is 3. The Morgan fingerprint density at radius 1 is 1.08 bits per heavy atom.